The topological polar surface area (TPSA) is 67.2 Å². The van der Waals surface area contributed by atoms with Gasteiger partial charge in [0.2, 0.25) is 0 Å². The maximum atomic E-state index is 6.50. The number of nitrogens with zero attached hydrogens (tertiary/aromatic N) is 3. The van der Waals surface area contributed by atoms with E-state index in [0.29, 0.717) is 11.3 Å². The molecule has 1 aromatic rings. The predicted octanol–water partition coefficient (Wildman–Crippen LogP) is 7.76. The normalized spacial score (nSPS) is 24.2. The number of hydrogen-bond acceptors (Lipinski definition) is 7. The van der Waals surface area contributed by atoms with Gasteiger partial charge in [-0.1, -0.05) is 20.8 Å². The summed E-state index contributed by atoms with van der Waals surface area (Å²) in [6.07, 6.45) is 18.6. The Labute approximate surface area is 280 Å². The molecule has 0 radical (unpaired) electrons. The molecule has 4 fully saturated rings. The van der Waals surface area contributed by atoms with Crippen molar-refractivity contribution < 1.29 is 23.7 Å². The van der Waals surface area contributed by atoms with Gasteiger partial charge in [-0.15, -0.1) is 0 Å². The van der Waals surface area contributed by atoms with E-state index in [-0.39, 0.29) is 11.6 Å². The maximum Gasteiger partial charge on any atom is 0.150 e. The van der Waals surface area contributed by atoms with E-state index in [2.05, 4.69) is 43.6 Å². The second-order valence-electron chi connectivity index (χ2n) is 16.5. The van der Waals surface area contributed by atoms with E-state index in [1.807, 2.05) is 0 Å². The summed E-state index contributed by atoms with van der Waals surface area (Å²) >= 11 is 0. The number of aromatic nitrogens is 2. The highest BCUT2D eigenvalue weighted by Gasteiger charge is 2.38. The summed E-state index contributed by atoms with van der Waals surface area (Å²) in [5.41, 5.74) is 3.14. The molecule has 3 aliphatic heterocycles. The van der Waals surface area contributed by atoms with Gasteiger partial charge in [-0.2, -0.15) is 5.10 Å². The van der Waals surface area contributed by atoms with Gasteiger partial charge in [0.1, 0.15) is 6.23 Å². The average Bonchev–Trinajstić information content (AvgIpc) is 3.49. The summed E-state index contributed by atoms with van der Waals surface area (Å²) < 4.78 is 32.5. The molecule has 1 atom stereocenters. The van der Waals surface area contributed by atoms with Crippen LogP contribution in [0.1, 0.15) is 134 Å². The molecule has 1 saturated carbocycles. The quantitative estimate of drug-likeness (QED) is 0.170. The standard InChI is InChI=1S/C38H67N3O5/c1-37(2,3)18-19-40(4)27-34-28-41(35-7-5-6-20-46-35)39-36(34)33-8-16-38(17-9-33,29-44-25-14-31-10-21-42-22-11-31)30-45-26-15-32-12-23-43-24-13-32/h28,31-33,35H,5-27,29-30H2,1-4H3. The first-order chi connectivity index (χ1) is 22.3. The Balaban J connectivity index is 1.21. The van der Waals surface area contributed by atoms with Crippen molar-refractivity contribution in [3.05, 3.63) is 17.5 Å². The van der Waals surface area contributed by atoms with Gasteiger partial charge in [0.25, 0.3) is 0 Å². The van der Waals surface area contributed by atoms with Crippen LogP contribution in [-0.2, 0) is 30.2 Å². The number of hydrogen-bond donors (Lipinski definition) is 0. The Kier molecular flexibility index (Phi) is 14.3. The highest BCUT2D eigenvalue weighted by molar-refractivity contribution is 5.22. The zero-order valence-corrected chi connectivity index (χ0v) is 29.9. The third-order valence-corrected chi connectivity index (χ3v) is 11.2. The van der Waals surface area contributed by atoms with Crippen molar-refractivity contribution in [2.75, 3.05) is 73.1 Å². The maximum absolute atomic E-state index is 6.50. The lowest BCUT2D eigenvalue weighted by atomic mass is 9.70. The van der Waals surface area contributed by atoms with Gasteiger partial charge in [0.05, 0.1) is 18.9 Å². The Morgan fingerprint density at radius 3 is 2.00 bits per heavy atom. The van der Waals surface area contributed by atoms with Gasteiger partial charge in [0, 0.05) is 75.9 Å². The SMILES string of the molecule is CN(CCC(C)(C)C)Cc1cn(C2CCCCO2)nc1C1CCC(COCCC2CCOCC2)(COCCC2CCOCC2)CC1. The van der Waals surface area contributed by atoms with Crippen LogP contribution in [0.5, 0.6) is 0 Å². The number of ether oxygens (including phenoxy) is 5. The third-order valence-electron chi connectivity index (χ3n) is 11.2. The van der Waals surface area contributed by atoms with Gasteiger partial charge >= 0.3 is 0 Å². The largest absolute Gasteiger partial charge is 0.381 e. The molecule has 264 valence electrons. The molecule has 0 aromatic carbocycles. The molecule has 8 nitrogen and oxygen atoms in total. The highest BCUT2D eigenvalue weighted by Crippen LogP contribution is 2.45. The Morgan fingerprint density at radius 2 is 1.46 bits per heavy atom. The third kappa shape index (κ3) is 11.5. The Bertz CT molecular complexity index is 955. The van der Waals surface area contributed by atoms with Crippen LogP contribution in [0.3, 0.4) is 0 Å². The first-order valence-corrected chi connectivity index (χ1v) is 19.0. The molecule has 4 aliphatic rings. The molecule has 3 saturated heterocycles. The fourth-order valence-corrected chi connectivity index (χ4v) is 7.87. The van der Waals surface area contributed by atoms with Gasteiger partial charge in [0.15, 0.2) is 0 Å². The summed E-state index contributed by atoms with van der Waals surface area (Å²) in [5, 5.41) is 5.30. The molecule has 8 heteroatoms. The fourth-order valence-electron chi connectivity index (χ4n) is 7.87. The van der Waals surface area contributed by atoms with Crippen LogP contribution in [0.4, 0.5) is 0 Å². The molecule has 0 N–H and O–H groups in total. The summed E-state index contributed by atoms with van der Waals surface area (Å²) in [5.74, 6) is 1.98. The molecular formula is C38H67N3O5. The van der Waals surface area contributed by atoms with Crippen molar-refractivity contribution >= 4 is 0 Å². The van der Waals surface area contributed by atoms with Gasteiger partial charge in [-0.05, 0) is 121 Å². The summed E-state index contributed by atoms with van der Waals surface area (Å²) in [7, 11) is 2.27. The van der Waals surface area contributed by atoms with Crippen molar-refractivity contribution in [3.8, 4) is 0 Å². The van der Waals surface area contributed by atoms with Gasteiger partial charge < -0.3 is 28.6 Å². The fraction of sp³-hybridized carbons (Fsp3) is 0.921. The molecule has 1 aromatic heterocycles. The zero-order chi connectivity index (χ0) is 32.2. The van der Waals surface area contributed by atoms with Crippen LogP contribution < -0.4 is 0 Å². The van der Waals surface area contributed by atoms with Crippen LogP contribution >= 0.6 is 0 Å². The van der Waals surface area contributed by atoms with Crippen molar-refractivity contribution in [1.29, 1.82) is 0 Å². The summed E-state index contributed by atoms with van der Waals surface area (Å²) in [4.78, 5) is 2.49. The average molecular weight is 646 g/mol. The molecule has 0 spiro atoms. The van der Waals surface area contributed by atoms with Crippen molar-refractivity contribution in [3.63, 3.8) is 0 Å². The monoisotopic (exact) mass is 646 g/mol. The van der Waals surface area contributed by atoms with Crippen LogP contribution in [0.15, 0.2) is 6.20 Å². The molecule has 0 bridgehead atoms. The lowest BCUT2D eigenvalue weighted by Gasteiger charge is -2.40. The van der Waals surface area contributed by atoms with Gasteiger partial charge in [-0.25, -0.2) is 4.68 Å². The van der Waals surface area contributed by atoms with Crippen molar-refractivity contribution in [1.82, 2.24) is 14.7 Å². The first-order valence-electron chi connectivity index (χ1n) is 19.0. The van der Waals surface area contributed by atoms with E-state index in [0.717, 1.165) is 136 Å². The molecule has 4 heterocycles. The van der Waals surface area contributed by atoms with E-state index in [1.165, 1.54) is 49.8 Å². The zero-order valence-electron chi connectivity index (χ0n) is 29.9. The van der Waals surface area contributed by atoms with E-state index in [9.17, 15) is 0 Å². The minimum atomic E-state index is 0.0806. The molecule has 46 heavy (non-hydrogen) atoms. The minimum absolute atomic E-state index is 0.0806. The van der Waals surface area contributed by atoms with Crippen molar-refractivity contribution in [2.24, 2.45) is 22.7 Å². The molecule has 1 aliphatic carbocycles. The minimum Gasteiger partial charge on any atom is -0.381 e. The van der Waals surface area contributed by atoms with Crippen LogP contribution in [-0.4, -0.2) is 87.7 Å². The smallest absolute Gasteiger partial charge is 0.150 e. The van der Waals surface area contributed by atoms with E-state index >= 15 is 0 Å². The van der Waals surface area contributed by atoms with Gasteiger partial charge in [-0.3, -0.25) is 0 Å². The van der Waals surface area contributed by atoms with E-state index in [4.69, 9.17) is 28.8 Å². The lowest BCUT2D eigenvalue weighted by molar-refractivity contribution is -0.0532. The second-order valence-corrected chi connectivity index (χ2v) is 16.5. The highest BCUT2D eigenvalue weighted by atomic mass is 16.5. The van der Waals surface area contributed by atoms with Crippen molar-refractivity contribution in [2.45, 2.75) is 129 Å². The molecule has 5 rings (SSSR count). The van der Waals surface area contributed by atoms with Crippen LogP contribution in [0.25, 0.3) is 0 Å². The number of rotatable bonds is 16. The predicted molar refractivity (Wildman–Crippen MR) is 183 cm³/mol. The second kappa shape index (κ2) is 18.1. The van der Waals surface area contributed by atoms with E-state index in [1.54, 1.807) is 0 Å². The molecule has 0 amide bonds. The Hall–Kier alpha value is -1.03. The van der Waals surface area contributed by atoms with E-state index < -0.39 is 0 Å². The molecular weight excluding hydrogens is 578 g/mol. The lowest BCUT2D eigenvalue weighted by Crippen LogP contribution is -2.37. The summed E-state index contributed by atoms with van der Waals surface area (Å²) in [6.45, 7) is 16.9. The van der Waals surface area contributed by atoms with Crippen LogP contribution in [0, 0.1) is 22.7 Å². The Morgan fingerprint density at radius 1 is 0.848 bits per heavy atom. The van der Waals surface area contributed by atoms with Crippen LogP contribution in [0.2, 0.25) is 0 Å². The summed E-state index contributed by atoms with van der Waals surface area (Å²) in [6, 6.07) is 0. The molecule has 1 unspecified atom stereocenters. The first kappa shape index (κ1) is 36.3.